The summed E-state index contributed by atoms with van der Waals surface area (Å²) in [6.45, 7) is 3.92. The average Bonchev–Trinajstić information content (AvgIpc) is 3.23. The normalized spacial score (nSPS) is 29.9. The van der Waals surface area contributed by atoms with Gasteiger partial charge in [-0.05, 0) is 60.9 Å². The summed E-state index contributed by atoms with van der Waals surface area (Å²) < 4.78 is 5.32. The molecule has 0 amide bonds. The van der Waals surface area contributed by atoms with Crippen LogP contribution >= 0.6 is 23.2 Å². The molecule has 5 rings (SSSR count). The number of aliphatic hydroxyl groups excluding tert-OH is 1. The molecule has 0 radical (unpaired) electrons. The van der Waals surface area contributed by atoms with Gasteiger partial charge in [0.05, 0.1) is 6.61 Å². The van der Waals surface area contributed by atoms with Crippen molar-refractivity contribution in [3.8, 4) is 0 Å². The molecule has 3 aliphatic heterocycles. The smallest absolute Gasteiger partial charge is 0.326 e. The van der Waals surface area contributed by atoms with Crippen LogP contribution < -0.4 is 5.32 Å². The number of carbonyl (C=O) groups is 1. The standard InChI is InChI=1S/C25H23Cl2N3O3/c1-3-33-23(32)21-22(31)24(16-5-9-18(26)10-6-16)25(29-21,17-7-11-19(27)12-8-17)30-14-15(2)4-13-20(30)28-24/h4-14,21-22,29,31H,3H2,1-2H3/t21-,22+,24-,25+/m1/s1. The Hall–Kier alpha value is -2.64. The zero-order valence-electron chi connectivity index (χ0n) is 18.1. The van der Waals surface area contributed by atoms with E-state index in [1.165, 1.54) is 0 Å². The first-order valence-corrected chi connectivity index (χ1v) is 11.5. The van der Waals surface area contributed by atoms with Crippen LogP contribution in [0.5, 0.6) is 0 Å². The Morgan fingerprint density at radius 1 is 1.09 bits per heavy atom. The second kappa shape index (κ2) is 7.99. The number of amidine groups is 1. The maximum absolute atomic E-state index is 13.0. The lowest BCUT2D eigenvalue weighted by atomic mass is 9.73. The monoisotopic (exact) mass is 483 g/mol. The molecular formula is C25H23Cl2N3O3. The van der Waals surface area contributed by atoms with Crippen molar-refractivity contribution < 1.29 is 14.6 Å². The van der Waals surface area contributed by atoms with Gasteiger partial charge in [0.2, 0.25) is 0 Å². The fourth-order valence-corrected chi connectivity index (χ4v) is 5.36. The number of benzene rings is 2. The number of nitrogens with one attached hydrogen (secondary N) is 1. The molecule has 0 unspecified atom stereocenters. The highest BCUT2D eigenvalue weighted by atomic mass is 35.5. The van der Waals surface area contributed by atoms with Crippen molar-refractivity contribution in [1.82, 2.24) is 10.2 Å². The molecule has 4 atom stereocenters. The Morgan fingerprint density at radius 2 is 1.70 bits per heavy atom. The molecular weight excluding hydrogens is 461 g/mol. The SMILES string of the molecule is CCOC(=O)[C@@H]1N[C@@]2(c3ccc(Cl)cc3)N3C=C(C)C=CC3=N[C@]2(c2ccc(Cl)cc2)[C@H]1O. The van der Waals surface area contributed by atoms with Gasteiger partial charge < -0.3 is 14.7 Å². The number of ether oxygens (including phenoxy) is 1. The van der Waals surface area contributed by atoms with Crippen molar-refractivity contribution >= 4 is 35.0 Å². The number of esters is 1. The molecule has 0 saturated carbocycles. The second-order valence-electron chi connectivity index (χ2n) is 8.36. The van der Waals surface area contributed by atoms with Crippen LogP contribution in [0.15, 0.2) is 77.4 Å². The minimum absolute atomic E-state index is 0.200. The van der Waals surface area contributed by atoms with E-state index in [1.807, 2.05) is 54.4 Å². The van der Waals surface area contributed by atoms with Crippen molar-refractivity contribution in [2.24, 2.45) is 4.99 Å². The zero-order chi connectivity index (χ0) is 23.4. The van der Waals surface area contributed by atoms with E-state index >= 15 is 0 Å². The van der Waals surface area contributed by atoms with Crippen molar-refractivity contribution in [2.75, 3.05) is 6.61 Å². The van der Waals surface area contributed by atoms with E-state index in [1.54, 1.807) is 31.2 Å². The van der Waals surface area contributed by atoms with Gasteiger partial charge in [-0.25, -0.2) is 4.99 Å². The molecule has 0 aromatic heterocycles. The van der Waals surface area contributed by atoms with E-state index in [4.69, 9.17) is 32.9 Å². The lowest BCUT2D eigenvalue weighted by molar-refractivity contribution is -0.148. The minimum atomic E-state index is -1.27. The number of fused-ring (bicyclic) bond motifs is 3. The summed E-state index contributed by atoms with van der Waals surface area (Å²) in [4.78, 5) is 20.1. The van der Waals surface area contributed by atoms with Gasteiger partial charge in [-0.3, -0.25) is 10.1 Å². The van der Waals surface area contributed by atoms with E-state index in [-0.39, 0.29) is 6.61 Å². The lowest BCUT2D eigenvalue weighted by Crippen LogP contribution is -2.59. The van der Waals surface area contributed by atoms with Crippen LogP contribution in [0.1, 0.15) is 25.0 Å². The molecule has 1 fully saturated rings. The van der Waals surface area contributed by atoms with E-state index in [0.29, 0.717) is 15.9 Å². The molecule has 2 N–H and O–H groups in total. The first kappa shape index (κ1) is 22.2. The molecule has 1 saturated heterocycles. The molecule has 0 aliphatic carbocycles. The average molecular weight is 484 g/mol. The van der Waals surface area contributed by atoms with Crippen molar-refractivity contribution in [3.05, 3.63) is 93.6 Å². The van der Waals surface area contributed by atoms with Gasteiger partial charge in [0, 0.05) is 16.2 Å². The molecule has 0 bridgehead atoms. The Bertz CT molecular complexity index is 1190. The summed E-state index contributed by atoms with van der Waals surface area (Å²) in [5.74, 6) is 0.130. The van der Waals surface area contributed by atoms with E-state index in [9.17, 15) is 9.90 Å². The predicted molar refractivity (Wildman–Crippen MR) is 128 cm³/mol. The summed E-state index contributed by atoms with van der Waals surface area (Å²) in [6, 6.07) is 13.6. The minimum Gasteiger partial charge on any atom is -0.465 e. The third-order valence-corrected chi connectivity index (χ3v) is 6.98. The van der Waals surface area contributed by atoms with Crippen LogP contribution in [0.3, 0.4) is 0 Å². The Morgan fingerprint density at radius 3 is 2.30 bits per heavy atom. The summed E-state index contributed by atoms with van der Waals surface area (Å²) in [7, 11) is 0. The van der Waals surface area contributed by atoms with Crippen molar-refractivity contribution in [3.63, 3.8) is 0 Å². The first-order valence-electron chi connectivity index (χ1n) is 10.7. The van der Waals surface area contributed by atoms with Crippen LogP contribution in [0.25, 0.3) is 0 Å². The van der Waals surface area contributed by atoms with Crippen molar-refractivity contribution in [2.45, 2.75) is 37.2 Å². The highest BCUT2D eigenvalue weighted by Gasteiger charge is 2.73. The molecule has 3 heterocycles. The predicted octanol–water partition coefficient (Wildman–Crippen LogP) is 4.13. The molecule has 6 nitrogen and oxygen atoms in total. The number of aliphatic hydroxyl groups is 1. The molecule has 2 aromatic rings. The van der Waals surface area contributed by atoms with Gasteiger partial charge in [0.1, 0.15) is 18.0 Å². The van der Waals surface area contributed by atoms with Crippen LogP contribution in [0.4, 0.5) is 0 Å². The third kappa shape index (κ3) is 3.09. The summed E-state index contributed by atoms with van der Waals surface area (Å²) in [6.07, 6.45) is 4.62. The van der Waals surface area contributed by atoms with Gasteiger partial charge in [0.25, 0.3) is 0 Å². The van der Waals surface area contributed by atoms with Crippen LogP contribution in [0.2, 0.25) is 10.0 Å². The number of carbonyl (C=O) groups excluding carboxylic acids is 1. The van der Waals surface area contributed by atoms with E-state index < -0.39 is 29.3 Å². The van der Waals surface area contributed by atoms with Gasteiger partial charge in [-0.2, -0.15) is 0 Å². The summed E-state index contributed by atoms with van der Waals surface area (Å²) in [5, 5.41) is 16.4. The van der Waals surface area contributed by atoms with Crippen LogP contribution in [0, 0.1) is 0 Å². The number of nitrogens with zero attached hydrogens (tertiary/aromatic N) is 2. The van der Waals surface area contributed by atoms with E-state index in [2.05, 4.69) is 5.32 Å². The van der Waals surface area contributed by atoms with Crippen LogP contribution in [-0.2, 0) is 20.7 Å². The van der Waals surface area contributed by atoms with Gasteiger partial charge in [0.15, 0.2) is 11.2 Å². The number of aliphatic imine (C=N–C) groups is 1. The number of hydrogen-bond donors (Lipinski definition) is 2. The van der Waals surface area contributed by atoms with Gasteiger partial charge in [-0.15, -0.1) is 0 Å². The molecule has 3 aliphatic rings. The maximum atomic E-state index is 13.0. The molecule has 8 heteroatoms. The molecule has 0 spiro atoms. The van der Waals surface area contributed by atoms with E-state index in [0.717, 1.165) is 16.7 Å². The fourth-order valence-electron chi connectivity index (χ4n) is 5.11. The number of halogens is 2. The number of rotatable bonds is 4. The lowest BCUT2D eigenvalue weighted by Gasteiger charge is -2.45. The largest absolute Gasteiger partial charge is 0.465 e. The maximum Gasteiger partial charge on any atom is 0.326 e. The fraction of sp³-hybridized carbons (Fsp3) is 0.280. The zero-order valence-corrected chi connectivity index (χ0v) is 19.6. The Kier molecular flexibility index (Phi) is 5.37. The highest BCUT2D eigenvalue weighted by Crippen LogP contribution is 2.58. The topological polar surface area (TPSA) is 74.2 Å². The molecule has 2 aromatic carbocycles. The number of allylic oxidation sites excluding steroid dienone is 2. The summed E-state index contributed by atoms with van der Waals surface area (Å²) in [5.41, 5.74) is 0.124. The van der Waals surface area contributed by atoms with Gasteiger partial charge >= 0.3 is 5.97 Å². The molecule has 170 valence electrons. The third-order valence-electron chi connectivity index (χ3n) is 6.47. The number of hydrogen-bond acceptors (Lipinski definition) is 6. The Labute approximate surface area is 202 Å². The van der Waals surface area contributed by atoms with Crippen molar-refractivity contribution in [1.29, 1.82) is 0 Å². The van der Waals surface area contributed by atoms with Gasteiger partial charge in [-0.1, -0.05) is 53.5 Å². The Balaban J connectivity index is 1.83. The summed E-state index contributed by atoms with van der Waals surface area (Å²) >= 11 is 12.4. The molecule has 33 heavy (non-hydrogen) atoms. The first-order chi connectivity index (χ1) is 15.8. The van der Waals surface area contributed by atoms with Crippen LogP contribution in [-0.4, -0.2) is 40.6 Å². The quantitative estimate of drug-likeness (QED) is 0.639. The highest BCUT2D eigenvalue weighted by molar-refractivity contribution is 6.30. The second-order valence-corrected chi connectivity index (χ2v) is 9.23.